The van der Waals surface area contributed by atoms with Crippen LogP contribution in [0.1, 0.15) is 49.0 Å². The first kappa shape index (κ1) is 19.8. The number of rotatable bonds is 7. The molecule has 29 heavy (non-hydrogen) atoms. The fourth-order valence-corrected chi connectivity index (χ4v) is 3.96. The second-order valence-electron chi connectivity index (χ2n) is 8.36. The Bertz CT molecular complexity index is 792. The minimum Gasteiger partial charge on any atom is -0.476 e. The summed E-state index contributed by atoms with van der Waals surface area (Å²) in [4.78, 5) is 30.2. The molecule has 3 fully saturated rings. The summed E-state index contributed by atoms with van der Waals surface area (Å²) in [7, 11) is 0. The molecule has 4 rings (SSSR count). The van der Waals surface area contributed by atoms with Crippen molar-refractivity contribution in [2.45, 2.75) is 50.5 Å². The average molecular weight is 408 g/mol. The van der Waals surface area contributed by atoms with Gasteiger partial charge in [-0.25, -0.2) is 13.8 Å². The highest BCUT2D eigenvalue weighted by Crippen LogP contribution is 2.38. The van der Waals surface area contributed by atoms with Gasteiger partial charge in [0.05, 0.1) is 25.6 Å². The van der Waals surface area contributed by atoms with Gasteiger partial charge in [-0.3, -0.25) is 9.59 Å². The first-order valence-corrected chi connectivity index (χ1v) is 10.2. The molecule has 0 bridgehead atoms. The Morgan fingerprint density at radius 1 is 1.21 bits per heavy atom. The number of hydrogen-bond acceptors (Lipinski definition) is 5. The number of alkyl halides is 2. The van der Waals surface area contributed by atoms with E-state index in [1.807, 2.05) is 0 Å². The quantitative estimate of drug-likeness (QED) is 0.720. The maximum absolute atomic E-state index is 13.3. The van der Waals surface area contributed by atoms with E-state index in [1.165, 1.54) is 11.0 Å². The Hall–Kier alpha value is -2.45. The van der Waals surface area contributed by atoms with Crippen molar-refractivity contribution < 1.29 is 23.1 Å². The van der Waals surface area contributed by atoms with Crippen LogP contribution >= 0.6 is 0 Å². The summed E-state index contributed by atoms with van der Waals surface area (Å²) < 4.78 is 32.4. The molecule has 2 atom stereocenters. The molecule has 0 aromatic carbocycles. The molecular formula is C20H26F2N4O3. The summed E-state index contributed by atoms with van der Waals surface area (Å²) in [6.07, 6.45) is 5.32. The minimum absolute atomic E-state index is 0.139. The fourth-order valence-electron chi connectivity index (χ4n) is 3.96. The van der Waals surface area contributed by atoms with E-state index in [0.29, 0.717) is 31.1 Å². The molecule has 1 aliphatic heterocycles. The van der Waals surface area contributed by atoms with E-state index in [9.17, 15) is 18.4 Å². The number of primary amides is 1. The summed E-state index contributed by atoms with van der Waals surface area (Å²) in [5, 5.41) is 2.87. The van der Waals surface area contributed by atoms with Crippen molar-refractivity contribution in [2.24, 2.45) is 17.6 Å². The van der Waals surface area contributed by atoms with Crippen molar-refractivity contribution in [3.63, 3.8) is 0 Å². The van der Waals surface area contributed by atoms with E-state index < -0.39 is 17.7 Å². The molecule has 2 aliphatic carbocycles. The first-order chi connectivity index (χ1) is 13.8. The predicted molar refractivity (Wildman–Crippen MR) is 102 cm³/mol. The molecule has 2 amide bonds. The molecule has 1 saturated heterocycles. The zero-order chi connectivity index (χ0) is 20.6. The van der Waals surface area contributed by atoms with Crippen molar-refractivity contribution >= 4 is 17.5 Å². The van der Waals surface area contributed by atoms with E-state index in [4.69, 9.17) is 10.5 Å². The van der Waals surface area contributed by atoms with Crippen LogP contribution < -0.4 is 20.7 Å². The number of carbonyl (C=O) groups is 2. The SMILES string of the molecule is NC(=O)[C@@H]1CCCCC1NC(=O)c1ccc(N2CC(F)(F)C2)c(OCC2CC2)n1. The summed E-state index contributed by atoms with van der Waals surface area (Å²) in [6, 6.07) is 2.79. The number of pyridine rings is 1. The largest absolute Gasteiger partial charge is 0.476 e. The monoisotopic (exact) mass is 408 g/mol. The van der Waals surface area contributed by atoms with Crippen LogP contribution in [0.3, 0.4) is 0 Å². The van der Waals surface area contributed by atoms with Gasteiger partial charge < -0.3 is 20.7 Å². The van der Waals surface area contributed by atoms with Gasteiger partial charge in [0, 0.05) is 6.04 Å². The highest BCUT2D eigenvalue weighted by molar-refractivity contribution is 5.93. The van der Waals surface area contributed by atoms with Crippen LogP contribution in [0.15, 0.2) is 12.1 Å². The van der Waals surface area contributed by atoms with Crippen LogP contribution in [-0.2, 0) is 4.79 Å². The van der Waals surface area contributed by atoms with Gasteiger partial charge in [-0.05, 0) is 43.7 Å². The number of ether oxygens (including phenoxy) is 1. The summed E-state index contributed by atoms with van der Waals surface area (Å²) in [5.41, 5.74) is 6.09. The van der Waals surface area contributed by atoms with Crippen LogP contribution in [0.5, 0.6) is 5.88 Å². The second kappa shape index (κ2) is 7.76. The van der Waals surface area contributed by atoms with Crippen LogP contribution in [0.4, 0.5) is 14.5 Å². The van der Waals surface area contributed by atoms with E-state index in [2.05, 4.69) is 10.3 Å². The molecule has 158 valence electrons. The molecule has 1 unspecified atom stereocenters. The van der Waals surface area contributed by atoms with Gasteiger partial charge in [0.2, 0.25) is 11.8 Å². The fraction of sp³-hybridized carbons (Fsp3) is 0.650. The highest BCUT2D eigenvalue weighted by Gasteiger charge is 2.45. The van der Waals surface area contributed by atoms with E-state index in [1.54, 1.807) is 6.07 Å². The lowest BCUT2D eigenvalue weighted by molar-refractivity contribution is -0.123. The van der Waals surface area contributed by atoms with Crippen LogP contribution in [0.2, 0.25) is 0 Å². The highest BCUT2D eigenvalue weighted by atomic mass is 19.3. The zero-order valence-electron chi connectivity index (χ0n) is 16.2. The van der Waals surface area contributed by atoms with Gasteiger partial charge in [-0.2, -0.15) is 0 Å². The predicted octanol–water partition coefficient (Wildman–Crippen LogP) is 2.10. The molecule has 0 radical (unpaired) electrons. The maximum Gasteiger partial charge on any atom is 0.282 e. The van der Waals surface area contributed by atoms with Crippen LogP contribution in [-0.4, -0.2) is 48.5 Å². The Morgan fingerprint density at radius 2 is 1.93 bits per heavy atom. The molecule has 1 aromatic heterocycles. The topological polar surface area (TPSA) is 97.5 Å². The molecule has 9 heteroatoms. The Kier molecular flexibility index (Phi) is 5.31. The van der Waals surface area contributed by atoms with Crippen molar-refractivity contribution in [3.8, 4) is 5.88 Å². The van der Waals surface area contributed by atoms with Gasteiger partial charge in [-0.1, -0.05) is 12.8 Å². The first-order valence-electron chi connectivity index (χ1n) is 10.2. The van der Waals surface area contributed by atoms with Crippen LogP contribution in [0.25, 0.3) is 0 Å². The minimum atomic E-state index is -2.71. The second-order valence-corrected chi connectivity index (χ2v) is 8.36. The number of aromatic nitrogens is 1. The van der Waals surface area contributed by atoms with Gasteiger partial charge in [0.25, 0.3) is 11.8 Å². The number of nitrogens with two attached hydrogens (primary N) is 1. The molecule has 0 spiro atoms. The van der Waals surface area contributed by atoms with E-state index in [0.717, 1.165) is 25.7 Å². The third-order valence-corrected chi connectivity index (χ3v) is 5.86. The standard InChI is InChI=1S/C20H26F2N4O3/c21-20(22)10-26(11-20)16-8-7-15(25-19(16)29-9-12-5-6-12)18(28)24-14-4-2-1-3-13(14)17(23)27/h7-8,12-14H,1-6,9-11H2,(H2,23,27)(H,24,28)/t13-,14?/m1/s1. The number of carbonyl (C=O) groups excluding carboxylic acids is 2. The molecular weight excluding hydrogens is 382 g/mol. The molecule has 3 N–H and O–H groups in total. The van der Waals surface area contributed by atoms with Crippen molar-refractivity contribution in [1.29, 1.82) is 0 Å². The van der Waals surface area contributed by atoms with Crippen LogP contribution in [0, 0.1) is 11.8 Å². The molecule has 2 saturated carbocycles. The lowest BCUT2D eigenvalue weighted by Crippen LogP contribution is -2.56. The Balaban J connectivity index is 1.49. The van der Waals surface area contributed by atoms with Crippen molar-refractivity contribution in [2.75, 3.05) is 24.6 Å². The van der Waals surface area contributed by atoms with Gasteiger partial charge in [0.15, 0.2) is 0 Å². The van der Waals surface area contributed by atoms with Crippen molar-refractivity contribution in [1.82, 2.24) is 10.3 Å². The van der Waals surface area contributed by atoms with Gasteiger partial charge in [-0.15, -0.1) is 0 Å². The number of nitrogens with zero attached hydrogens (tertiary/aromatic N) is 2. The molecule has 2 heterocycles. The number of anilines is 1. The number of amides is 2. The van der Waals surface area contributed by atoms with E-state index >= 15 is 0 Å². The van der Waals surface area contributed by atoms with Gasteiger partial charge in [0.1, 0.15) is 11.4 Å². The smallest absolute Gasteiger partial charge is 0.282 e. The summed E-state index contributed by atoms with van der Waals surface area (Å²) >= 11 is 0. The summed E-state index contributed by atoms with van der Waals surface area (Å²) in [5.74, 6) is -3.27. The lowest BCUT2D eigenvalue weighted by atomic mass is 9.84. The Morgan fingerprint density at radius 3 is 2.59 bits per heavy atom. The summed E-state index contributed by atoms with van der Waals surface area (Å²) in [6.45, 7) is -0.313. The van der Waals surface area contributed by atoms with E-state index in [-0.39, 0.29) is 36.6 Å². The Labute approximate surface area is 168 Å². The molecule has 7 nitrogen and oxygen atoms in total. The third kappa shape index (κ3) is 4.59. The average Bonchev–Trinajstić information content (AvgIpc) is 3.49. The maximum atomic E-state index is 13.3. The van der Waals surface area contributed by atoms with Gasteiger partial charge >= 0.3 is 0 Å². The molecule has 1 aromatic rings. The zero-order valence-corrected chi connectivity index (χ0v) is 16.2. The normalized spacial score (nSPS) is 25.8. The lowest BCUT2D eigenvalue weighted by Gasteiger charge is -2.40. The number of hydrogen-bond donors (Lipinski definition) is 2. The number of halogens is 2. The molecule has 3 aliphatic rings. The number of nitrogens with one attached hydrogen (secondary N) is 1. The van der Waals surface area contributed by atoms with Crippen molar-refractivity contribution in [3.05, 3.63) is 17.8 Å². The third-order valence-electron chi connectivity index (χ3n) is 5.86.